The van der Waals surface area contributed by atoms with E-state index in [1.165, 1.54) is 0 Å². The minimum atomic E-state index is -0.443. The van der Waals surface area contributed by atoms with Gasteiger partial charge in [-0.15, -0.1) is 0 Å². The monoisotopic (exact) mass is 223 g/mol. The molecule has 1 saturated carbocycles. The maximum absolute atomic E-state index is 10.1. The Morgan fingerprint density at radius 3 is 2.88 bits per heavy atom. The quantitative estimate of drug-likeness (QED) is 0.728. The summed E-state index contributed by atoms with van der Waals surface area (Å²) in [5.74, 6) is 1.09. The molecule has 0 atom stereocenters. The van der Waals surface area contributed by atoms with Crippen LogP contribution < -0.4 is 5.32 Å². The largest absolute Gasteiger partial charge is 0.389 e. The molecule has 0 spiro atoms. The predicted molar refractivity (Wildman–Crippen MR) is 63.2 cm³/mol. The first-order valence-corrected chi connectivity index (χ1v) is 6.09. The second-order valence-corrected chi connectivity index (χ2v) is 4.81. The van der Waals surface area contributed by atoms with Crippen LogP contribution in [0.2, 0.25) is 0 Å². The van der Waals surface area contributed by atoms with Crippen molar-refractivity contribution in [3.63, 3.8) is 0 Å². The molecule has 90 valence electrons. The first-order valence-electron chi connectivity index (χ1n) is 6.09. The van der Waals surface area contributed by atoms with Gasteiger partial charge in [0.05, 0.1) is 5.60 Å². The van der Waals surface area contributed by atoms with Crippen molar-refractivity contribution in [2.45, 2.75) is 37.7 Å². The lowest BCUT2D eigenvalue weighted by atomic mass is 10.0. The van der Waals surface area contributed by atoms with Crippen LogP contribution in [0.25, 0.3) is 0 Å². The third-order valence-electron chi connectivity index (χ3n) is 3.43. The number of rotatable bonds is 5. The van der Waals surface area contributed by atoms with Gasteiger partial charge < -0.3 is 15.0 Å². The lowest BCUT2D eigenvalue weighted by Crippen LogP contribution is -2.38. The predicted octanol–water partition coefficient (Wildman–Crippen LogP) is 0.857. The Hall–Kier alpha value is -0.870. The van der Waals surface area contributed by atoms with Crippen LogP contribution in [-0.4, -0.2) is 33.3 Å². The first kappa shape index (κ1) is 11.6. The van der Waals surface area contributed by atoms with Gasteiger partial charge in [0.15, 0.2) is 0 Å². The third-order valence-corrected chi connectivity index (χ3v) is 3.43. The van der Waals surface area contributed by atoms with Gasteiger partial charge >= 0.3 is 0 Å². The van der Waals surface area contributed by atoms with E-state index in [1.54, 1.807) is 0 Å². The number of nitrogens with one attached hydrogen (secondary N) is 1. The Morgan fingerprint density at radius 1 is 1.50 bits per heavy atom. The molecule has 0 aliphatic heterocycles. The number of hydrogen-bond acceptors (Lipinski definition) is 3. The van der Waals surface area contributed by atoms with Crippen molar-refractivity contribution in [2.24, 2.45) is 7.05 Å². The lowest BCUT2D eigenvalue weighted by Gasteiger charge is -2.22. The molecule has 1 aromatic heterocycles. The van der Waals surface area contributed by atoms with Gasteiger partial charge in [0, 0.05) is 39.0 Å². The number of hydrogen-bond donors (Lipinski definition) is 2. The van der Waals surface area contributed by atoms with Gasteiger partial charge in [-0.25, -0.2) is 4.98 Å². The van der Waals surface area contributed by atoms with E-state index in [0.717, 1.165) is 51.0 Å². The molecule has 2 rings (SSSR count). The van der Waals surface area contributed by atoms with Crippen molar-refractivity contribution in [3.8, 4) is 0 Å². The zero-order valence-corrected chi connectivity index (χ0v) is 9.95. The highest BCUT2D eigenvalue weighted by Crippen LogP contribution is 2.28. The zero-order valence-electron chi connectivity index (χ0n) is 9.95. The van der Waals surface area contributed by atoms with Gasteiger partial charge in [-0.05, 0) is 12.8 Å². The second kappa shape index (κ2) is 4.97. The van der Waals surface area contributed by atoms with Gasteiger partial charge in [-0.1, -0.05) is 12.8 Å². The summed E-state index contributed by atoms with van der Waals surface area (Å²) < 4.78 is 2.03. The summed E-state index contributed by atoms with van der Waals surface area (Å²) in [5, 5.41) is 13.4. The number of aromatic nitrogens is 2. The van der Waals surface area contributed by atoms with Crippen molar-refractivity contribution >= 4 is 0 Å². The topological polar surface area (TPSA) is 50.1 Å². The van der Waals surface area contributed by atoms with Gasteiger partial charge in [-0.3, -0.25) is 0 Å². The molecule has 1 aromatic rings. The van der Waals surface area contributed by atoms with Crippen molar-refractivity contribution in [1.29, 1.82) is 0 Å². The zero-order chi connectivity index (χ0) is 11.4. The minimum absolute atomic E-state index is 0.443. The van der Waals surface area contributed by atoms with Crippen LogP contribution in [0.5, 0.6) is 0 Å². The molecule has 16 heavy (non-hydrogen) atoms. The van der Waals surface area contributed by atoms with Crippen molar-refractivity contribution < 1.29 is 5.11 Å². The Balaban J connectivity index is 1.67. The molecule has 4 nitrogen and oxygen atoms in total. The molecule has 2 N–H and O–H groups in total. The van der Waals surface area contributed by atoms with Gasteiger partial charge in [0.1, 0.15) is 5.82 Å². The highest BCUT2D eigenvalue weighted by Gasteiger charge is 2.30. The maximum atomic E-state index is 10.1. The molecule has 0 unspecified atom stereocenters. The SMILES string of the molecule is Cn1ccnc1CCNCC1(O)CCCC1. The summed E-state index contributed by atoms with van der Waals surface area (Å²) >= 11 is 0. The van der Waals surface area contributed by atoms with E-state index >= 15 is 0 Å². The molecule has 0 amide bonds. The second-order valence-electron chi connectivity index (χ2n) is 4.81. The molecular weight excluding hydrogens is 202 g/mol. The minimum Gasteiger partial charge on any atom is -0.389 e. The fourth-order valence-electron chi connectivity index (χ4n) is 2.37. The molecule has 0 bridgehead atoms. The van der Waals surface area contributed by atoms with Gasteiger partial charge in [0.2, 0.25) is 0 Å². The van der Waals surface area contributed by atoms with E-state index in [-0.39, 0.29) is 0 Å². The first-order chi connectivity index (χ1) is 7.70. The van der Waals surface area contributed by atoms with E-state index in [9.17, 15) is 5.11 Å². The van der Waals surface area contributed by atoms with Crippen LogP contribution in [0.15, 0.2) is 12.4 Å². The fraction of sp³-hybridized carbons (Fsp3) is 0.750. The van der Waals surface area contributed by atoms with Gasteiger partial charge in [-0.2, -0.15) is 0 Å². The van der Waals surface area contributed by atoms with Crippen molar-refractivity contribution in [3.05, 3.63) is 18.2 Å². The molecule has 0 saturated heterocycles. The van der Waals surface area contributed by atoms with Crippen LogP contribution in [0, 0.1) is 0 Å². The maximum Gasteiger partial charge on any atom is 0.109 e. The standard InChI is InChI=1S/C12H21N3O/c1-15-9-8-14-11(15)4-7-13-10-12(16)5-2-3-6-12/h8-9,13,16H,2-7,10H2,1H3. The average Bonchev–Trinajstić information content (AvgIpc) is 2.84. The van der Waals surface area contributed by atoms with Crippen LogP contribution in [0.1, 0.15) is 31.5 Å². The molecule has 1 aliphatic rings. The highest BCUT2D eigenvalue weighted by atomic mass is 16.3. The Morgan fingerprint density at radius 2 is 2.25 bits per heavy atom. The highest BCUT2D eigenvalue weighted by molar-refractivity contribution is 4.92. The third kappa shape index (κ3) is 2.83. The Labute approximate surface area is 96.7 Å². The number of aliphatic hydroxyl groups is 1. The summed E-state index contributed by atoms with van der Waals surface area (Å²) in [6, 6.07) is 0. The summed E-state index contributed by atoms with van der Waals surface area (Å²) in [6.07, 6.45) is 8.92. The van der Waals surface area contributed by atoms with Crippen molar-refractivity contribution in [1.82, 2.24) is 14.9 Å². The molecular formula is C12H21N3O. The van der Waals surface area contributed by atoms with E-state index in [1.807, 2.05) is 24.0 Å². The van der Waals surface area contributed by atoms with Gasteiger partial charge in [0.25, 0.3) is 0 Å². The number of aryl methyl sites for hydroxylation is 1. The molecule has 1 fully saturated rings. The van der Waals surface area contributed by atoms with Crippen LogP contribution in [-0.2, 0) is 13.5 Å². The van der Waals surface area contributed by atoms with Crippen molar-refractivity contribution in [2.75, 3.05) is 13.1 Å². The summed E-state index contributed by atoms with van der Waals surface area (Å²) in [4.78, 5) is 4.26. The fourth-order valence-corrected chi connectivity index (χ4v) is 2.37. The molecule has 4 heteroatoms. The normalized spacial score (nSPS) is 19.1. The molecule has 0 aromatic carbocycles. The molecule has 1 heterocycles. The van der Waals surface area contributed by atoms with E-state index in [2.05, 4.69) is 10.3 Å². The molecule has 0 radical (unpaired) electrons. The lowest BCUT2D eigenvalue weighted by molar-refractivity contribution is 0.0480. The Bertz CT molecular complexity index is 329. The number of imidazole rings is 1. The molecule has 1 aliphatic carbocycles. The van der Waals surface area contributed by atoms with Crippen LogP contribution in [0.3, 0.4) is 0 Å². The van der Waals surface area contributed by atoms with E-state index in [0.29, 0.717) is 0 Å². The summed E-state index contributed by atoms with van der Waals surface area (Å²) in [6.45, 7) is 1.60. The number of nitrogens with zero attached hydrogens (tertiary/aromatic N) is 2. The van der Waals surface area contributed by atoms with Crippen LogP contribution in [0.4, 0.5) is 0 Å². The Kier molecular flexibility index (Phi) is 3.61. The summed E-state index contributed by atoms with van der Waals surface area (Å²) in [5.41, 5.74) is -0.443. The summed E-state index contributed by atoms with van der Waals surface area (Å²) in [7, 11) is 2.01. The average molecular weight is 223 g/mol. The van der Waals surface area contributed by atoms with E-state index < -0.39 is 5.60 Å². The van der Waals surface area contributed by atoms with E-state index in [4.69, 9.17) is 0 Å². The smallest absolute Gasteiger partial charge is 0.109 e. The van der Waals surface area contributed by atoms with Crippen LogP contribution >= 0.6 is 0 Å².